The molecule has 2 aliphatic heterocycles. The number of nitrogen functional groups attached to an aromatic ring is 1. The maximum Gasteiger partial charge on any atom is 0.163 e. The van der Waals surface area contributed by atoms with Crippen LogP contribution in [-0.2, 0) is 4.74 Å². The zero-order chi connectivity index (χ0) is 13.4. The van der Waals surface area contributed by atoms with Crippen LogP contribution in [0.25, 0.3) is 0 Å². The van der Waals surface area contributed by atoms with Gasteiger partial charge in [-0.05, 0) is 13.3 Å². The topological polar surface area (TPSA) is 57.0 Å². The third-order valence-electron chi connectivity index (χ3n) is 3.91. The Bertz CT molecular complexity index is 478. The Morgan fingerprint density at radius 1 is 1.16 bits per heavy atom. The van der Waals surface area contributed by atoms with Crippen LogP contribution >= 0.6 is 0 Å². The third kappa shape index (κ3) is 2.18. The lowest BCUT2D eigenvalue weighted by Gasteiger charge is -2.31. The average Bonchev–Trinajstić information content (AvgIpc) is 2.83. The molecule has 0 aromatic heterocycles. The van der Waals surface area contributed by atoms with Crippen molar-refractivity contribution in [1.82, 2.24) is 0 Å². The Morgan fingerprint density at radius 2 is 1.84 bits per heavy atom. The largest absolute Gasteiger partial charge is 0.486 e. The second-order valence-electron chi connectivity index (χ2n) is 5.10. The summed E-state index contributed by atoms with van der Waals surface area (Å²) >= 11 is 0. The number of hydrogen-bond acceptors (Lipinski definition) is 5. The predicted molar refractivity (Wildman–Crippen MR) is 74.1 cm³/mol. The van der Waals surface area contributed by atoms with Crippen LogP contribution in [0.1, 0.15) is 13.3 Å². The monoisotopic (exact) mass is 264 g/mol. The molecule has 0 spiro atoms. The van der Waals surface area contributed by atoms with Gasteiger partial charge in [-0.2, -0.15) is 0 Å². The predicted octanol–water partition coefficient (Wildman–Crippen LogP) is 1.65. The number of nitrogens with zero attached hydrogens (tertiary/aromatic N) is 1. The van der Waals surface area contributed by atoms with E-state index in [4.69, 9.17) is 19.9 Å². The van der Waals surface area contributed by atoms with Gasteiger partial charge in [0.2, 0.25) is 0 Å². The third-order valence-corrected chi connectivity index (χ3v) is 3.91. The van der Waals surface area contributed by atoms with E-state index >= 15 is 0 Å². The minimum absolute atomic E-state index is 0.220. The first-order valence-corrected chi connectivity index (χ1v) is 6.70. The van der Waals surface area contributed by atoms with Crippen molar-refractivity contribution >= 4 is 11.4 Å². The molecule has 2 aliphatic rings. The lowest BCUT2D eigenvalue weighted by Crippen LogP contribution is -2.37. The second-order valence-corrected chi connectivity index (χ2v) is 5.10. The highest BCUT2D eigenvalue weighted by atomic mass is 16.6. The van der Waals surface area contributed by atoms with Crippen LogP contribution in [0.4, 0.5) is 11.4 Å². The van der Waals surface area contributed by atoms with Gasteiger partial charge in [-0.3, -0.25) is 0 Å². The molecular weight excluding hydrogens is 244 g/mol. The molecule has 1 fully saturated rings. The fraction of sp³-hybridized carbons (Fsp3) is 0.571. The van der Waals surface area contributed by atoms with E-state index in [1.165, 1.54) is 0 Å². The fourth-order valence-electron chi connectivity index (χ4n) is 2.81. The molecule has 0 amide bonds. The molecule has 2 N–H and O–H groups in total. The van der Waals surface area contributed by atoms with Crippen molar-refractivity contribution in [3.05, 3.63) is 12.1 Å². The quantitative estimate of drug-likeness (QED) is 0.823. The van der Waals surface area contributed by atoms with Gasteiger partial charge in [0.1, 0.15) is 13.2 Å². The number of anilines is 2. The molecule has 5 nitrogen and oxygen atoms in total. The van der Waals surface area contributed by atoms with Gasteiger partial charge in [0.15, 0.2) is 11.5 Å². The molecule has 19 heavy (non-hydrogen) atoms. The Balaban J connectivity index is 1.91. The van der Waals surface area contributed by atoms with Crippen molar-refractivity contribution in [2.75, 3.05) is 37.5 Å². The summed E-state index contributed by atoms with van der Waals surface area (Å²) in [6.45, 7) is 4.07. The highest BCUT2D eigenvalue weighted by molar-refractivity contribution is 5.73. The Labute approximate surface area is 113 Å². The Kier molecular flexibility index (Phi) is 3.14. The molecule has 2 heterocycles. The first kappa shape index (κ1) is 12.4. The number of benzene rings is 1. The van der Waals surface area contributed by atoms with Crippen molar-refractivity contribution in [3.8, 4) is 11.5 Å². The molecule has 104 valence electrons. The normalized spacial score (nSPS) is 25.4. The molecule has 1 aromatic carbocycles. The van der Waals surface area contributed by atoms with Gasteiger partial charge in [-0.15, -0.1) is 0 Å². The molecule has 2 atom stereocenters. The lowest BCUT2D eigenvalue weighted by molar-refractivity contribution is 0.118. The van der Waals surface area contributed by atoms with E-state index in [2.05, 4.69) is 18.9 Å². The van der Waals surface area contributed by atoms with E-state index < -0.39 is 0 Å². The zero-order valence-electron chi connectivity index (χ0n) is 11.4. The maximum atomic E-state index is 6.14. The molecule has 0 aliphatic carbocycles. The minimum Gasteiger partial charge on any atom is -0.486 e. The molecule has 1 saturated heterocycles. The first-order valence-electron chi connectivity index (χ1n) is 6.70. The summed E-state index contributed by atoms with van der Waals surface area (Å²) in [6.07, 6.45) is 1.24. The highest BCUT2D eigenvalue weighted by Crippen LogP contribution is 2.39. The standard InChI is InChI=1S/C14H20N2O3/c1-9-11(3-4-17-9)16(2)12-8-14-13(7-10(12)15)18-5-6-19-14/h7-9,11H,3-6,15H2,1-2H3. The van der Waals surface area contributed by atoms with Crippen molar-refractivity contribution < 1.29 is 14.2 Å². The molecule has 0 saturated carbocycles. The number of hydrogen-bond donors (Lipinski definition) is 1. The van der Waals surface area contributed by atoms with E-state index in [1.807, 2.05) is 12.1 Å². The summed E-state index contributed by atoms with van der Waals surface area (Å²) in [4.78, 5) is 2.19. The second kappa shape index (κ2) is 4.81. The Morgan fingerprint density at radius 3 is 2.47 bits per heavy atom. The SMILES string of the molecule is CC1OCCC1N(C)c1cc2c(cc1N)OCCO2. The molecule has 3 rings (SSSR count). The average molecular weight is 264 g/mol. The number of fused-ring (bicyclic) bond motifs is 1. The van der Waals surface area contributed by atoms with Crippen molar-refractivity contribution in [2.24, 2.45) is 0 Å². The van der Waals surface area contributed by atoms with E-state index in [1.54, 1.807) is 0 Å². The molecule has 0 bridgehead atoms. The summed E-state index contributed by atoms with van der Waals surface area (Å²) in [5, 5.41) is 0. The molecule has 2 unspecified atom stereocenters. The van der Waals surface area contributed by atoms with Crippen LogP contribution in [0.2, 0.25) is 0 Å². The van der Waals surface area contributed by atoms with E-state index in [9.17, 15) is 0 Å². The first-order chi connectivity index (χ1) is 9.16. The highest BCUT2D eigenvalue weighted by Gasteiger charge is 2.29. The number of ether oxygens (including phenoxy) is 3. The summed E-state index contributed by atoms with van der Waals surface area (Å²) < 4.78 is 16.8. The minimum atomic E-state index is 0.220. The van der Waals surface area contributed by atoms with Crippen LogP contribution in [0, 0.1) is 0 Å². The van der Waals surface area contributed by atoms with Gasteiger partial charge in [0, 0.05) is 25.8 Å². The summed E-state index contributed by atoms with van der Waals surface area (Å²) in [7, 11) is 2.05. The maximum absolute atomic E-state index is 6.14. The molecule has 5 heteroatoms. The van der Waals surface area contributed by atoms with Gasteiger partial charge in [0.05, 0.1) is 23.5 Å². The van der Waals surface area contributed by atoms with Crippen molar-refractivity contribution in [1.29, 1.82) is 0 Å². The van der Waals surface area contributed by atoms with Gasteiger partial charge in [-0.25, -0.2) is 0 Å². The molecular formula is C14H20N2O3. The van der Waals surface area contributed by atoms with E-state index in [0.717, 1.165) is 30.2 Å². The smallest absolute Gasteiger partial charge is 0.163 e. The lowest BCUT2D eigenvalue weighted by atomic mass is 10.1. The van der Waals surface area contributed by atoms with Gasteiger partial charge in [0.25, 0.3) is 0 Å². The number of rotatable bonds is 2. The fourth-order valence-corrected chi connectivity index (χ4v) is 2.81. The van der Waals surface area contributed by atoms with Crippen molar-refractivity contribution in [3.63, 3.8) is 0 Å². The number of nitrogens with two attached hydrogens (primary N) is 1. The summed E-state index contributed by atoms with van der Waals surface area (Å²) in [6, 6.07) is 4.17. The van der Waals surface area contributed by atoms with Crippen LogP contribution in [0.15, 0.2) is 12.1 Å². The summed E-state index contributed by atoms with van der Waals surface area (Å²) in [5.41, 5.74) is 7.83. The van der Waals surface area contributed by atoms with Crippen LogP contribution in [-0.4, -0.2) is 39.0 Å². The van der Waals surface area contributed by atoms with Gasteiger partial charge in [-0.1, -0.05) is 0 Å². The van der Waals surface area contributed by atoms with E-state index in [-0.39, 0.29) is 6.10 Å². The van der Waals surface area contributed by atoms with Crippen LogP contribution < -0.4 is 20.1 Å². The van der Waals surface area contributed by atoms with Gasteiger partial charge < -0.3 is 24.8 Å². The molecule has 0 radical (unpaired) electrons. The molecule has 1 aromatic rings. The Hall–Kier alpha value is -1.62. The van der Waals surface area contributed by atoms with Crippen LogP contribution in [0.5, 0.6) is 11.5 Å². The summed E-state index contributed by atoms with van der Waals surface area (Å²) in [5.74, 6) is 1.51. The number of likely N-dealkylation sites (N-methyl/N-ethyl adjacent to an activating group) is 1. The van der Waals surface area contributed by atoms with Gasteiger partial charge >= 0.3 is 0 Å². The van der Waals surface area contributed by atoms with Crippen molar-refractivity contribution in [2.45, 2.75) is 25.5 Å². The zero-order valence-corrected chi connectivity index (χ0v) is 11.4. The van der Waals surface area contributed by atoms with Crippen LogP contribution in [0.3, 0.4) is 0 Å². The van der Waals surface area contributed by atoms with E-state index in [0.29, 0.717) is 24.9 Å².